The number of aryl methyl sites for hydroxylation is 5. The summed E-state index contributed by atoms with van der Waals surface area (Å²) in [7, 11) is 6.68. The van der Waals surface area contributed by atoms with Gasteiger partial charge < -0.3 is 39.4 Å². The van der Waals surface area contributed by atoms with Crippen molar-refractivity contribution in [1.29, 1.82) is 0 Å². The Balaban J connectivity index is 0.00000148. The van der Waals surface area contributed by atoms with Crippen molar-refractivity contribution < 1.29 is 139 Å². The van der Waals surface area contributed by atoms with Gasteiger partial charge in [-0.3, -0.25) is 39.1 Å². The molecule has 0 aliphatic heterocycles. The second-order valence-corrected chi connectivity index (χ2v) is 37.4. The molecule has 10 aromatic rings. The van der Waals surface area contributed by atoms with Gasteiger partial charge in [-0.15, -0.1) is 110 Å². The van der Waals surface area contributed by atoms with Crippen molar-refractivity contribution in [3.63, 3.8) is 0 Å². The van der Waals surface area contributed by atoms with Gasteiger partial charge in [-0.25, -0.2) is 0 Å². The number of methoxy groups -OCH3 is 4. The fraction of sp³-hybridized carbons (Fsp3) is 0.364. The van der Waals surface area contributed by atoms with E-state index in [2.05, 4.69) is 141 Å². The molecule has 4 radical (unpaired) electrons. The van der Waals surface area contributed by atoms with Gasteiger partial charge in [0.15, 0.2) is 23.1 Å². The summed E-state index contributed by atoms with van der Waals surface area (Å²) in [6, 6.07) is 57.7. The van der Waals surface area contributed by atoms with Crippen molar-refractivity contribution in [1.82, 2.24) is 15.0 Å². The SMILES string of the molecule is C=C1C=C(OC)C=CC1=NCc1[c-]cc(C)cc1C.CC(=O)C=C(C)O.CC(C)(C)C(=O)C=C(O)C(C)(C)C.CC(C)(C)C(=O)C=C(O)C(C)(C)C.CC(C)(C)C(=O)C=C(O)C(C)(C)C.COc1ccc2nc(-c3[c-]c(C)c(C)c(C)c3C)ccc2c1.COc1ccc2nc(-c3[c-]ccc(C)c3C)ccc2c1.COc1ccc2nc(-c3[c-]cccc3C)ccc2c1.[Ir].[Ir].[Ir].[Ir]. The number of nitrogens with zero attached hydrogens (tertiary/aromatic N) is 4. The van der Waals surface area contributed by atoms with Crippen LogP contribution in [0.15, 0.2) is 222 Å². The van der Waals surface area contributed by atoms with Crippen molar-refractivity contribution >= 4 is 61.6 Å². The smallest absolute Gasteiger partial charge is 0.164 e. The Morgan fingerprint density at radius 2 is 0.808 bits per heavy atom. The molecule has 1 aliphatic rings. The molecular weight excluding hydrogens is 2340 g/mol. The minimum absolute atomic E-state index is 0. The Labute approximate surface area is 829 Å². The van der Waals surface area contributed by atoms with Crippen LogP contribution < -0.4 is 14.2 Å². The van der Waals surface area contributed by atoms with Gasteiger partial charge in [-0.05, 0) is 109 Å². The van der Waals surface area contributed by atoms with E-state index in [4.69, 9.17) is 39.0 Å². The maximum Gasteiger partial charge on any atom is 0.164 e. The molecule has 1 aliphatic carbocycles. The molecule has 0 saturated carbocycles. The molecule has 3 aromatic heterocycles. The monoisotopic (exact) mass is 2480 g/mol. The molecule has 3 heterocycles. The number of rotatable bonds is 13. The minimum Gasteiger partial charge on any atom is -0.512 e. The molecule has 7 aromatic carbocycles. The third-order valence-corrected chi connectivity index (χ3v) is 20.3. The van der Waals surface area contributed by atoms with Crippen LogP contribution in [0.1, 0.15) is 194 Å². The Kier molecular flexibility index (Phi) is 49.7. The van der Waals surface area contributed by atoms with E-state index in [1.54, 1.807) is 28.4 Å². The average molecular weight is 2480 g/mol. The van der Waals surface area contributed by atoms with Crippen LogP contribution in [-0.2, 0) is 111 Å². The number of ketones is 4. The van der Waals surface area contributed by atoms with Gasteiger partial charge in [0.2, 0.25) is 0 Å². The minimum atomic E-state index is -0.417. The van der Waals surface area contributed by atoms with Crippen LogP contribution in [0.3, 0.4) is 0 Å². The van der Waals surface area contributed by atoms with Crippen molar-refractivity contribution in [3.05, 3.63) is 297 Å². The summed E-state index contributed by atoms with van der Waals surface area (Å²) in [5.74, 6) is 3.61. The van der Waals surface area contributed by atoms with Gasteiger partial charge in [0.05, 0.1) is 56.5 Å². The molecule has 130 heavy (non-hydrogen) atoms. The summed E-state index contributed by atoms with van der Waals surface area (Å²) in [6.45, 7) is 59.8. The summed E-state index contributed by atoms with van der Waals surface area (Å²) in [4.78, 5) is 63.3. The normalized spacial score (nSPS) is 12.5. The van der Waals surface area contributed by atoms with Crippen LogP contribution in [0.2, 0.25) is 0 Å². The summed E-state index contributed by atoms with van der Waals surface area (Å²) in [5.41, 5.74) is 20.8. The molecule has 20 heteroatoms. The molecule has 0 atom stereocenters. The number of aliphatic imine (C=N–C) groups is 1. The third-order valence-electron chi connectivity index (χ3n) is 20.3. The molecule has 0 bridgehead atoms. The van der Waals surface area contributed by atoms with Crippen LogP contribution >= 0.6 is 0 Å². The number of pyridine rings is 3. The van der Waals surface area contributed by atoms with Crippen molar-refractivity contribution in [3.8, 4) is 51.0 Å². The fourth-order valence-corrected chi connectivity index (χ4v) is 11.2. The predicted octanol–water partition coefficient (Wildman–Crippen LogP) is 27.3. The van der Waals surface area contributed by atoms with Gasteiger partial charge in [0, 0.05) is 160 Å². The quantitative estimate of drug-likeness (QED) is 0.0477. The fourth-order valence-electron chi connectivity index (χ4n) is 11.2. The van der Waals surface area contributed by atoms with E-state index in [1.807, 2.05) is 234 Å². The molecule has 0 amide bonds. The summed E-state index contributed by atoms with van der Waals surface area (Å²) in [6.07, 6.45) is 10.9. The number of aromatic nitrogens is 3. The van der Waals surface area contributed by atoms with Gasteiger partial charge >= 0.3 is 0 Å². The van der Waals surface area contributed by atoms with Gasteiger partial charge in [-0.1, -0.05) is 230 Å². The second kappa shape index (κ2) is 53.7. The zero-order valence-corrected chi connectivity index (χ0v) is 91.9. The Hall–Kier alpha value is -9.70. The summed E-state index contributed by atoms with van der Waals surface area (Å²) in [5, 5.41) is 40.3. The number of hydrogen-bond donors (Lipinski definition) is 4. The van der Waals surface area contributed by atoms with Gasteiger partial charge in [0.1, 0.15) is 40.3 Å². The Morgan fingerprint density at radius 3 is 1.15 bits per heavy atom. The van der Waals surface area contributed by atoms with Crippen molar-refractivity contribution in [2.24, 2.45) is 37.5 Å². The topological polar surface area (TPSA) is 237 Å². The standard InChI is InChI=1S/C20H20NO.C18H16NO.C17H14NO.C17H18NO.3C11H20O2.C5H8O2.4Ir/c1-12-10-18(15(4)14(3)13(12)2)20-8-6-16-11-17(22-5)7-9-19(16)21-20;1-12-5-4-6-16(13(12)2)18-9-7-14-11-15(20-3)8-10-17(14)19-18;1-12-5-3-4-6-15(12)17-9-7-13-11-14(19-2)8-10-16(13)18-17;1-12-5-6-15(13(2)9-12)11-18-17-8-7-16(19-4)10-14(17)3;3*1-10(2,3)8(12)7-9(13)11(4,5)6;1-4(6)3-5(2)7;;;;/h6-9,11H,1-5H3;4-5,7-11H,1-3H3;3-5,7-11H,1-2H3;5,7-10H,3,11H2,1-2,4H3;3*7,12H,1-6H3;3,6H,1-2H3;;;;/q4*-1;;;;;;;;. The Bertz CT molecular complexity index is 5620. The first kappa shape index (κ1) is 120. The first-order valence-electron chi connectivity index (χ1n) is 42.1. The average Bonchev–Trinajstić information content (AvgIpc) is 0.776. The molecule has 708 valence electrons. The maximum atomic E-state index is 11.5. The molecule has 16 nitrogen and oxygen atoms in total. The molecule has 4 N–H and O–H groups in total. The van der Waals surface area contributed by atoms with E-state index >= 15 is 0 Å². The van der Waals surface area contributed by atoms with Crippen LogP contribution in [0, 0.1) is 119 Å². The number of carbonyl (C=O) groups is 4. The van der Waals surface area contributed by atoms with E-state index < -0.39 is 16.2 Å². The van der Waals surface area contributed by atoms with Gasteiger partial charge in [-0.2, -0.15) is 29.3 Å². The van der Waals surface area contributed by atoms with Crippen LogP contribution in [0.4, 0.5) is 0 Å². The number of aliphatic hydroxyl groups excluding tert-OH is 4. The van der Waals surface area contributed by atoms with E-state index in [9.17, 15) is 34.5 Å². The van der Waals surface area contributed by atoms with E-state index in [0.29, 0.717) is 6.54 Å². The van der Waals surface area contributed by atoms with Crippen LogP contribution in [0.25, 0.3) is 66.5 Å². The zero-order chi connectivity index (χ0) is 95.5. The molecule has 11 rings (SSSR count). The van der Waals surface area contributed by atoms with E-state index in [-0.39, 0.29) is 143 Å². The number of hydrogen-bond acceptors (Lipinski definition) is 16. The molecule has 0 unspecified atom stereocenters. The number of fused-ring (bicyclic) bond motifs is 3. The third kappa shape index (κ3) is 39.0. The number of ether oxygens (including phenoxy) is 4. The predicted molar refractivity (Wildman–Crippen MR) is 521 cm³/mol. The number of benzene rings is 7. The number of allylic oxidation sites excluding steroid dienone is 12. The summed E-state index contributed by atoms with van der Waals surface area (Å²) < 4.78 is 20.9. The summed E-state index contributed by atoms with van der Waals surface area (Å²) >= 11 is 0. The van der Waals surface area contributed by atoms with Crippen LogP contribution in [0.5, 0.6) is 17.2 Å². The number of carbonyl (C=O) groups excluding carboxylic acids is 4. The van der Waals surface area contributed by atoms with E-state index in [0.717, 1.165) is 106 Å². The molecule has 0 spiro atoms. The first-order valence-corrected chi connectivity index (χ1v) is 42.1. The molecule has 0 fully saturated rings. The first-order chi connectivity index (χ1) is 58.3. The maximum absolute atomic E-state index is 11.5. The largest absolute Gasteiger partial charge is 0.512 e. The van der Waals surface area contributed by atoms with Crippen molar-refractivity contribution in [2.45, 2.75) is 207 Å². The Morgan fingerprint density at radius 1 is 0.415 bits per heavy atom. The van der Waals surface area contributed by atoms with Crippen molar-refractivity contribution in [2.75, 3.05) is 28.4 Å². The second-order valence-electron chi connectivity index (χ2n) is 37.4. The van der Waals surface area contributed by atoms with Crippen LogP contribution in [-0.4, -0.2) is 92.7 Å². The molecule has 0 saturated heterocycles. The molecular formula is C110H136Ir4N4O12-4. The zero-order valence-electron chi connectivity index (χ0n) is 82.3. The van der Waals surface area contributed by atoms with Gasteiger partial charge in [0.25, 0.3) is 0 Å². The number of aliphatic hydroxyl groups is 4. The van der Waals surface area contributed by atoms with E-state index in [1.165, 1.54) is 88.2 Å².